The van der Waals surface area contributed by atoms with Gasteiger partial charge in [0.15, 0.2) is 5.89 Å². The van der Waals surface area contributed by atoms with E-state index < -0.39 is 5.54 Å². The van der Waals surface area contributed by atoms with Crippen LogP contribution in [0.5, 0.6) is 0 Å². The summed E-state index contributed by atoms with van der Waals surface area (Å²) in [7, 11) is 0. The highest BCUT2D eigenvalue weighted by molar-refractivity contribution is 5.75. The smallest absolute Gasteiger partial charge is 0.193 e. The van der Waals surface area contributed by atoms with Gasteiger partial charge in [0.05, 0.1) is 24.4 Å². The molecule has 0 saturated heterocycles. The quantitative estimate of drug-likeness (QED) is 0.666. The minimum absolute atomic E-state index is 0.257. The van der Waals surface area contributed by atoms with Crippen LogP contribution in [-0.2, 0) is 11.8 Å². The fourth-order valence-electron chi connectivity index (χ4n) is 3.41. The lowest BCUT2D eigenvalue weighted by Gasteiger charge is -2.34. The Hall–Kier alpha value is -2.21. The van der Waals surface area contributed by atoms with Crippen molar-refractivity contribution in [1.82, 2.24) is 4.98 Å². The van der Waals surface area contributed by atoms with Gasteiger partial charge in [-0.15, -0.1) is 0 Å². The monoisotopic (exact) mass is 368 g/mol. The van der Waals surface area contributed by atoms with Crippen LogP contribution in [-0.4, -0.2) is 33.9 Å². The third kappa shape index (κ3) is 4.21. The Bertz CT molecular complexity index is 806. The zero-order valence-electron chi connectivity index (χ0n) is 15.8. The summed E-state index contributed by atoms with van der Waals surface area (Å²) in [6.07, 6.45) is 10.9. The van der Waals surface area contributed by atoms with Crippen LogP contribution in [0.3, 0.4) is 0 Å². The van der Waals surface area contributed by atoms with Crippen LogP contribution in [0.4, 0.5) is 0 Å². The first-order valence-corrected chi connectivity index (χ1v) is 9.44. The largest absolute Gasteiger partial charge is 0.449 e. The SMILES string of the molecule is CCc1nc(C2(CCC(N)(CO)CO)C=CC(c3ccccc3)=CC2)co1. The highest BCUT2D eigenvalue weighted by atomic mass is 16.3. The third-order valence-corrected chi connectivity index (χ3v) is 5.44. The Morgan fingerprint density at radius 2 is 1.96 bits per heavy atom. The molecule has 27 heavy (non-hydrogen) atoms. The maximum absolute atomic E-state index is 9.55. The normalized spacial score (nSPS) is 19.9. The van der Waals surface area contributed by atoms with Crippen LogP contribution >= 0.6 is 0 Å². The zero-order chi connectivity index (χ0) is 19.3. The molecular formula is C22H28N2O3. The second kappa shape index (κ2) is 8.21. The Morgan fingerprint density at radius 3 is 2.52 bits per heavy atom. The molecule has 0 fully saturated rings. The molecule has 0 amide bonds. The number of aliphatic hydroxyl groups is 2. The molecule has 1 unspecified atom stereocenters. The molecule has 5 heteroatoms. The Kier molecular flexibility index (Phi) is 5.95. The first-order valence-electron chi connectivity index (χ1n) is 9.44. The number of nitrogens with zero attached hydrogens (tertiary/aromatic N) is 1. The first-order chi connectivity index (χ1) is 13.0. The summed E-state index contributed by atoms with van der Waals surface area (Å²) >= 11 is 0. The maximum Gasteiger partial charge on any atom is 0.193 e. The number of aliphatic hydroxyl groups excluding tert-OH is 2. The Morgan fingerprint density at radius 1 is 1.22 bits per heavy atom. The van der Waals surface area contributed by atoms with Crippen molar-refractivity contribution in [2.24, 2.45) is 5.73 Å². The first kappa shape index (κ1) is 19.5. The number of aromatic nitrogens is 1. The Balaban J connectivity index is 1.88. The number of aryl methyl sites for hydroxylation is 1. The van der Waals surface area contributed by atoms with Gasteiger partial charge >= 0.3 is 0 Å². The average Bonchev–Trinajstić information content (AvgIpc) is 3.23. The predicted octanol–water partition coefficient (Wildman–Crippen LogP) is 2.98. The summed E-state index contributed by atoms with van der Waals surface area (Å²) in [6, 6.07) is 10.3. The van der Waals surface area contributed by atoms with E-state index in [-0.39, 0.29) is 18.6 Å². The fourth-order valence-corrected chi connectivity index (χ4v) is 3.41. The standard InChI is InChI=1S/C22H28N2O3/c1-2-20-24-19(14-27-20)21(12-13-22(23,15-25)16-26)10-8-18(9-11-21)17-6-4-3-5-7-17/h3-10,14,25-26H,2,11-13,15-16,23H2,1H3. The molecule has 1 atom stereocenters. The van der Waals surface area contributed by atoms with E-state index in [1.54, 1.807) is 6.26 Å². The van der Waals surface area contributed by atoms with Gasteiger partial charge in [-0.25, -0.2) is 4.98 Å². The molecule has 0 aliphatic heterocycles. The summed E-state index contributed by atoms with van der Waals surface area (Å²) in [5, 5.41) is 19.1. The van der Waals surface area contributed by atoms with Crippen LogP contribution in [0.1, 0.15) is 43.3 Å². The van der Waals surface area contributed by atoms with Gasteiger partial charge in [0, 0.05) is 11.8 Å². The molecule has 3 rings (SSSR count). The molecule has 0 saturated carbocycles. The molecule has 1 aliphatic carbocycles. The van der Waals surface area contributed by atoms with Gasteiger partial charge in [-0.1, -0.05) is 55.5 Å². The van der Waals surface area contributed by atoms with E-state index in [4.69, 9.17) is 10.2 Å². The van der Waals surface area contributed by atoms with Crippen LogP contribution < -0.4 is 5.73 Å². The van der Waals surface area contributed by atoms with Crippen molar-refractivity contribution in [2.75, 3.05) is 13.2 Å². The molecular weight excluding hydrogens is 340 g/mol. The number of hydrogen-bond acceptors (Lipinski definition) is 5. The highest BCUT2D eigenvalue weighted by Crippen LogP contribution is 2.40. The molecule has 1 aliphatic rings. The van der Waals surface area contributed by atoms with Gasteiger partial charge in [0.1, 0.15) is 6.26 Å². The van der Waals surface area contributed by atoms with Gasteiger partial charge in [0.2, 0.25) is 0 Å². The lowest BCUT2D eigenvalue weighted by molar-refractivity contribution is 0.108. The van der Waals surface area contributed by atoms with E-state index in [0.29, 0.717) is 18.7 Å². The molecule has 1 aromatic carbocycles. The van der Waals surface area contributed by atoms with Crippen molar-refractivity contribution >= 4 is 5.57 Å². The molecule has 144 valence electrons. The van der Waals surface area contributed by atoms with Crippen molar-refractivity contribution in [2.45, 2.75) is 43.6 Å². The van der Waals surface area contributed by atoms with Crippen LogP contribution in [0, 0.1) is 0 Å². The van der Waals surface area contributed by atoms with E-state index in [9.17, 15) is 10.2 Å². The Labute approximate surface area is 160 Å². The van der Waals surface area contributed by atoms with Gasteiger partial charge in [0.25, 0.3) is 0 Å². The molecule has 1 heterocycles. The van der Waals surface area contributed by atoms with Gasteiger partial charge in [-0.3, -0.25) is 0 Å². The summed E-state index contributed by atoms with van der Waals surface area (Å²) in [4.78, 5) is 4.66. The van der Waals surface area contributed by atoms with Gasteiger partial charge in [-0.2, -0.15) is 0 Å². The number of nitrogens with two attached hydrogens (primary N) is 1. The van der Waals surface area contributed by atoms with Crippen molar-refractivity contribution < 1.29 is 14.6 Å². The highest BCUT2D eigenvalue weighted by Gasteiger charge is 2.36. The molecule has 4 N–H and O–H groups in total. The van der Waals surface area contributed by atoms with E-state index in [1.165, 1.54) is 11.1 Å². The predicted molar refractivity (Wildman–Crippen MR) is 106 cm³/mol. The van der Waals surface area contributed by atoms with Crippen molar-refractivity contribution in [3.8, 4) is 0 Å². The third-order valence-electron chi connectivity index (χ3n) is 5.44. The van der Waals surface area contributed by atoms with Crippen molar-refractivity contribution in [1.29, 1.82) is 0 Å². The molecule has 2 aromatic rings. The van der Waals surface area contributed by atoms with Gasteiger partial charge < -0.3 is 20.4 Å². The van der Waals surface area contributed by atoms with Crippen LogP contribution in [0.2, 0.25) is 0 Å². The van der Waals surface area contributed by atoms with Crippen molar-refractivity contribution in [3.63, 3.8) is 0 Å². The number of hydrogen-bond donors (Lipinski definition) is 3. The number of benzene rings is 1. The molecule has 0 spiro atoms. The van der Waals surface area contributed by atoms with Crippen molar-refractivity contribution in [3.05, 3.63) is 72.0 Å². The molecule has 0 bridgehead atoms. The summed E-state index contributed by atoms with van der Waals surface area (Å²) in [5.41, 5.74) is 7.99. The zero-order valence-corrected chi connectivity index (χ0v) is 15.8. The maximum atomic E-state index is 9.55. The number of rotatable bonds is 8. The minimum atomic E-state index is -0.998. The topological polar surface area (TPSA) is 92.5 Å². The van der Waals surface area contributed by atoms with E-state index in [1.807, 2.05) is 25.1 Å². The van der Waals surface area contributed by atoms with Crippen LogP contribution in [0.25, 0.3) is 5.57 Å². The minimum Gasteiger partial charge on any atom is -0.449 e. The van der Waals surface area contributed by atoms with E-state index in [0.717, 1.165) is 18.5 Å². The second-order valence-electron chi connectivity index (χ2n) is 7.38. The average molecular weight is 368 g/mol. The molecule has 0 radical (unpaired) electrons. The summed E-state index contributed by atoms with van der Waals surface area (Å²) in [5.74, 6) is 0.707. The fraction of sp³-hybridized carbons (Fsp3) is 0.409. The summed E-state index contributed by atoms with van der Waals surface area (Å²) in [6.45, 7) is 1.50. The number of allylic oxidation sites excluding steroid dienone is 4. The summed E-state index contributed by atoms with van der Waals surface area (Å²) < 4.78 is 5.59. The van der Waals surface area contributed by atoms with E-state index in [2.05, 4.69) is 35.3 Å². The lowest BCUT2D eigenvalue weighted by atomic mass is 9.71. The van der Waals surface area contributed by atoms with E-state index >= 15 is 0 Å². The lowest BCUT2D eigenvalue weighted by Crippen LogP contribution is -2.48. The number of oxazole rings is 1. The van der Waals surface area contributed by atoms with Gasteiger partial charge in [-0.05, 0) is 30.4 Å². The second-order valence-corrected chi connectivity index (χ2v) is 7.38. The molecule has 5 nitrogen and oxygen atoms in total. The van der Waals surface area contributed by atoms with Crippen LogP contribution in [0.15, 0.2) is 59.2 Å². The molecule has 1 aromatic heterocycles.